The molecule has 0 aromatic carbocycles. The third-order valence-corrected chi connectivity index (χ3v) is 7.39. The van der Waals surface area contributed by atoms with E-state index >= 15 is 0 Å². The molecule has 2 aliphatic carbocycles. The third kappa shape index (κ3) is 2.23. The molecule has 3 heteroatoms. The Morgan fingerprint density at radius 3 is 2.83 bits per heavy atom. The number of fused-ring (bicyclic) bond motifs is 1. The molecular formula is C20H30O3. The lowest BCUT2D eigenvalue weighted by Crippen LogP contribution is -2.58. The summed E-state index contributed by atoms with van der Waals surface area (Å²) >= 11 is 0. The van der Waals surface area contributed by atoms with E-state index in [9.17, 15) is 5.11 Å². The van der Waals surface area contributed by atoms with E-state index in [2.05, 4.69) is 20.8 Å². The molecule has 23 heavy (non-hydrogen) atoms. The number of rotatable bonds is 3. The van der Waals surface area contributed by atoms with Crippen molar-refractivity contribution in [2.24, 2.45) is 22.7 Å². The lowest BCUT2D eigenvalue weighted by Gasteiger charge is -2.58. The highest BCUT2D eigenvalue weighted by Crippen LogP contribution is 2.67. The highest BCUT2D eigenvalue weighted by Gasteiger charge is 2.67. The predicted octanol–water partition coefficient (Wildman–Crippen LogP) is 4.19. The SMILES string of the molecule is CC1(C)CCC[C@@]23CO[C@@](C)(CC[C@@H]12)[C@@H]3[C@@H](O)Cc1ccoc1. The fraction of sp³-hybridized carbons (Fsp3) is 0.800. The molecule has 0 unspecified atom stereocenters. The maximum absolute atomic E-state index is 11.2. The highest BCUT2D eigenvalue weighted by molar-refractivity contribution is 5.17. The molecule has 1 spiro atoms. The van der Waals surface area contributed by atoms with Crippen molar-refractivity contribution in [1.82, 2.24) is 0 Å². The molecule has 4 rings (SSSR count). The number of aliphatic hydroxyl groups is 1. The molecule has 2 heterocycles. The van der Waals surface area contributed by atoms with Crippen molar-refractivity contribution >= 4 is 0 Å². The van der Waals surface area contributed by atoms with Crippen molar-refractivity contribution in [3.8, 4) is 0 Å². The summed E-state index contributed by atoms with van der Waals surface area (Å²) in [6, 6.07) is 1.97. The van der Waals surface area contributed by atoms with Crippen LogP contribution in [-0.2, 0) is 11.2 Å². The standard InChI is InChI=1S/C20H30O3/c1-18(2)7-4-8-20-13-23-19(3,9-5-16(18)20)17(20)15(21)11-14-6-10-22-12-14/h6,10,12,15-17,21H,4-5,7-9,11,13H2,1-3H3/t15-,16-,17-,19-,20+/m0/s1. The number of furan rings is 1. The number of hydrogen-bond donors (Lipinski definition) is 1. The Labute approximate surface area is 139 Å². The molecule has 0 radical (unpaired) electrons. The minimum Gasteiger partial charge on any atom is -0.472 e. The first-order chi connectivity index (χ1) is 10.9. The van der Waals surface area contributed by atoms with Crippen molar-refractivity contribution in [1.29, 1.82) is 0 Å². The summed E-state index contributed by atoms with van der Waals surface area (Å²) in [4.78, 5) is 0. The van der Waals surface area contributed by atoms with Gasteiger partial charge in [-0.3, -0.25) is 0 Å². The van der Waals surface area contributed by atoms with Crippen LogP contribution in [0.15, 0.2) is 23.0 Å². The summed E-state index contributed by atoms with van der Waals surface area (Å²) in [6.45, 7) is 7.94. The summed E-state index contributed by atoms with van der Waals surface area (Å²) < 4.78 is 11.6. The average molecular weight is 318 g/mol. The molecule has 1 aromatic heterocycles. The van der Waals surface area contributed by atoms with Crippen LogP contribution in [0, 0.1) is 22.7 Å². The molecule has 1 saturated heterocycles. The largest absolute Gasteiger partial charge is 0.472 e. The minimum atomic E-state index is -0.350. The maximum Gasteiger partial charge on any atom is 0.0935 e. The number of aliphatic hydroxyl groups excluding tert-OH is 1. The summed E-state index contributed by atoms with van der Waals surface area (Å²) in [5, 5.41) is 11.2. The van der Waals surface area contributed by atoms with Gasteiger partial charge in [0.15, 0.2) is 0 Å². The van der Waals surface area contributed by atoms with Gasteiger partial charge in [-0.2, -0.15) is 0 Å². The smallest absolute Gasteiger partial charge is 0.0935 e. The highest BCUT2D eigenvalue weighted by atomic mass is 16.5. The summed E-state index contributed by atoms with van der Waals surface area (Å²) in [5.74, 6) is 0.909. The second-order valence-electron chi connectivity index (χ2n) is 9.15. The van der Waals surface area contributed by atoms with Crippen LogP contribution >= 0.6 is 0 Å². The normalized spacial score (nSPS) is 43.1. The molecule has 128 valence electrons. The lowest BCUT2D eigenvalue weighted by atomic mass is 9.45. The van der Waals surface area contributed by atoms with E-state index in [1.54, 1.807) is 12.5 Å². The van der Waals surface area contributed by atoms with Crippen LogP contribution in [0.25, 0.3) is 0 Å². The van der Waals surface area contributed by atoms with Gasteiger partial charge >= 0.3 is 0 Å². The monoisotopic (exact) mass is 318 g/mol. The molecule has 3 fully saturated rings. The number of ether oxygens (including phenoxy) is 1. The minimum absolute atomic E-state index is 0.160. The van der Waals surface area contributed by atoms with Crippen molar-refractivity contribution in [3.05, 3.63) is 24.2 Å². The first-order valence-corrected chi connectivity index (χ1v) is 9.21. The first-order valence-electron chi connectivity index (χ1n) is 9.21. The first kappa shape index (κ1) is 15.7. The zero-order chi connectivity index (χ0) is 16.3. The van der Waals surface area contributed by atoms with Gasteiger partial charge in [-0.25, -0.2) is 0 Å². The van der Waals surface area contributed by atoms with Gasteiger partial charge in [-0.1, -0.05) is 20.3 Å². The summed E-state index contributed by atoms with van der Waals surface area (Å²) in [5.41, 5.74) is 1.46. The average Bonchev–Trinajstić information content (AvgIpc) is 3.02. The van der Waals surface area contributed by atoms with Gasteiger partial charge in [0, 0.05) is 17.8 Å². The molecule has 5 atom stereocenters. The molecule has 1 aromatic rings. The molecule has 2 bridgehead atoms. The van der Waals surface area contributed by atoms with E-state index in [1.165, 1.54) is 25.7 Å². The molecule has 0 amide bonds. The quantitative estimate of drug-likeness (QED) is 0.908. The van der Waals surface area contributed by atoms with Crippen LogP contribution in [0.3, 0.4) is 0 Å². The Morgan fingerprint density at radius 1 is 1.26 bits per heavy atom. The molecule has 3 nitrogen and oxygen atoms in total. The zero-order valence-corrected chi connectivity index (χ0v) is 14.7. The molecule has 2 saturated carbocycles. The van der Waals surface area contributed by atoms with E-state index < -0.39 is 0 Å². The Hall–Kier alpha value is -0.800. The lowest BCUT2D eigenvalue weighted by molar-refractivity contribution is -0.124. The van der Waals surface area contributed by atoms with E-state index in [4.69, 9.17) is 9.15 Å². The van der Waals surface area contributed by atoms with Gasteiger partial charge in [0.25, 0.3) is 0 Å². The fourth-order valence-electron chi connectivity index (χ4n) is 6.53. The van der Waals surface area contributed by atoms with Gasteiger partial charge in [-0.15, -0.1) is 0 Å². The van der Waals surface area contributed by atoms with Crippen LogP contribution in [0.2, 0.25) is 0 Å². The Kier molecular flexibility index (Phi) is 3.48. The van der Waals surface area contributed by atoms with Crippen LogP contribution in [-0.4, -0.2) is 23.4 Å². The van der Waals surface area contributed by atoms with Crippen LogP contribution in [0.4, 0.5) is 0 Å². The van der Waals surface area contributed by atoms with Crippen LogP contribution in [0.1, 0.15) is 58.4 Å². The summed E-state index contributed by atoms with van der Waals surface area (Å²) in [6.07, 6.45) is 9.89. The zero-order valence-electron chi connectivity index (χ0n) is 14.7. The molecule has 3 aliphatic rings. The fourth-order valence-corrected chi connectivity index (χ4v) is 6.53. The third-order valence-electron chi connectivity index (χ3n) is 7.39. The van der Waals surface area contributed by atoms with E-state index in [1.807, 2.05) is 6.07 Å². The van der Waals surface area contributed by atoms with Gasteiger partial charge in [0.1, 0.15) is 0 Å². The molecule has 1 aliphatic heterocycles. The Bertz CT molecular complexity index is 563. The van der Waals surface area contributed by atoms with Crippen molar-refractivity contribution < 1.29 is 14.3 Å². The topological polar surface area (TPSA) is 42.6 Å². The predicted molar refractivity (Wildman–Crippen MR) is 89.1 cm³/mol. The second-order valence-corrected chi connectivity index (χ2v) is 9.15. The van der Waals surface area contributed by atoms with Gasteiger partial charge < -0.3 is 14.3 Å². The number of hydrogen-bond acceptors (Lipinski definition) is 3. The van der Waals surface area contributed by atoms with Crippen LogP contribution in [0.5, 0.6) is 0 Å². The Morgan fingerprint density at radius 2 is 2.09 bits per heavy atom. The van der Waals surface area contributed by atoms with Gasteiger partial charge in [0.05, 0.1) is 30.8 Å². The second kappa shape index (κ2) is 5.10. The van der Waals surface area contributed by atoms with Crippen molar-refractivity contribution in [3.63, 3.8) is 0 Å². The van der Waals surface area contributed by atoms with Crippen molar-refractivity contribution in [2.75, 3.05) is 6.61 Å². The van der Waals surface area contributed by atoms with E-state index in [0.717, 1.165) is 18.6 Å². The summed E-state index contributed by atoms with van der Waals surface area (Å²) in [7, 11) is 0. The molecule has 1 N–H and O–H groups in total. The van der Waals surface area contributed by atoms with Gasteiger partial charge in [0.2, 0.25) is 0 Å². The van der Waals surface area contributed by atoms with E-state index in [0.29, 0.717) is 17.8 Å². The van der Waals surface area contributed by atoms with E-state index in [-0.39, 0.29) is 23.0 Å². The Balaban J connectivity index is 1.69. The maximum atomic E-state index is 11.2. The molecular weight excluding hydrogens is 288 g/mol. The van der Waals surface area contributed by atoms with Crippen LogP contribution < -0.4 is 0 Å². The van der Waals surface area contributed by atoms with Gasteiger partial charge in [-0.05, 0) is 55.6 Å². The van der Waals surface area contributed by atoms with Crippen molar-refractivity contribution in [2.45, 2.75) is 71.0 Å².